The van der Waals surface area contributed by atoms with Crippen LogP contribution in [0.5, 0.6) is 0 Å². The molecule has 13 heavy (non-hydrogen) atoms. The molecule has 0 N–H and O–H groups in total. The van der Waals surface area contributed by atoms with Gasteiger partial charge in [0.25, 0.3) is 0 Å². The van der Waals surface area contributed by atoms with E-state index in [9.17, 15) is 4.79 Å². The minimum Gasteiger partial charge on any atom is -0.482 e. The molecule has 0 bridgehead atoms. The monoisotopic (exact) mass is 198 g/mol. The molecule has 1 aliphatic rings. The molecule has 0 fully saturated rings. The number of hydrogen-bond acceptors (Lipinski definition) is 2. The van der Waals surface area contributed by atoms with Gasteiger partial charge in [-0.05, 0) is 12.5 Å². The first-order valence-electron chi connectivity index (χ1n) is 3.96. The molecule has 0 spiro atoms. The van der Waals surface area contributed by atoms with Crippen molar-refractivity contribution in [3.63, 3.8) is 0 Å². The second kappa shape index (κ2) is 4.28. The van der Waals surface area contributed by atoms with Crippen molar-refractivity contribution in [1.82, 2.24) is 0 Å². The molecule has 0 saturated carbocycles. The topological polar surface area (TPSA) is 26.3 Å². The van der Waals surface area contributed by atoms with E-state index in [1.165, 1.54) is 5.54 Å². The normalized spacial score (nSPS) is 27.8. The minimum absolute atomic E-state index is 0.0372. The van der Waals surface area contributed by atoms with Crippen molar-refractivity contribution in [2.24, 2.45) is 5.92 Å². The van der Waals surface area contributed by atoms with Gasteiger partial charge in [-0.2, -0.15) is 0 Å². The average molecular weight is 199 g/mol. The molecule has 1 aliphatic heterocycles. The Kier molecular flexibility index (Phi) is 3.32. The Morgan fingerprint density at radius 2 is 2.31 bits per heavy atom. The van der Waals surface area contributed by atoms with Crippen LogP contribution in [0.4, 0.5) is 0 Å². The van der Waals surface area contributed by atoms with Crippen molar-refractivity contribution in [2.75, 3.05) is 0 Å². The fourth-order valence-electron chi connectivity index (χ4n) is 1.37. The van der Waals surface area contributed by atoms with Crippen LogP contribution >= 0.6 is 11.6 Å². The molecule has 1 rings (SSSR count). The molecule has 0 aromatic heterocycles. The van der Waals surface area contributed by atoms with E-state index in [1.54, 1.807) is 12.2 Å². The van der Waals surface area contributed by atoms with Crippen LogP contribution < -0.4 is 0 Å². The molecule has 0 aromatic rings. The van der Waals surface area contributed by atoms with Gasteiger partial charge in [0.2, 0.25) is 0 Å². The number of hydrogen-bond donors (Lipinski definition) is 0. The van der Waals surface area contributed by atoms with E-state index in [0.29, 0.717) is 12.0 Å². The van der Waals surface area contributed by atoms with Gasteiger partial charge < -0.3 is 4.74 Å². The molecule has 0 radical (unpaired) electrons. The SMILES string of the molecule is C=CC1OC(C=O)=C(C)C1/C=C/Cl. The van der Waals surface area contributed by atoms with Crippen LogP contribution in [-0.4, -0.2) is 12.4 Å². The Morgan fingerprint density at radius 3 is 2.77 bits per heavy atom. The summed E-state index contributed by atoms with van der Waals surface area (Å²) >= 11 is 5.48. The summed E-state index contributed by atoms with van der Waals surface area (Å²) in [6.07, 6.45) is 4.00. The third-order valence-electron chi connectivity index (χ3n) is 2.13. The Morgan fingerprint density at radius 1 is 1.62 bits per heavy atom. The van der Waals surface area contributed by atoms with Crippen LogP contribution in [-0.2, 0) is 9.53 Å². The predicted octanol–water partition coefficient (Wildman–Crippen LogP) is 2.41. The van der Waals surface area contributed by atoms with Crippen LogP contribution in [0, 0.1) is 5.92 Å². The highest BCUT2D eigenvalue weighted by molar-refractivity contribution is 6.25. The summed E-state index contributed by atoms with van der Waals surface area (Å²) in [4.78, 5) is 10.6. The zero-order chi connectivity index (χ0) is 9.84. The lowest BCUT2D eigenvalue weighted by Gasteiger charge is -2.11. The molecular weight excluding hydrogens is 188 g/mol. The van der Waals surface area contributed by atoms with E-state index < -0.39 is 0 Å². The first-order chi connectivity index (χ1) is 6.24. The van der Waals surface area contributed by atoms with Gasteiger partial charge in [0.1, 0.15) is 6.10 Å². The molecule has 70 valence electrons. The van der Waals surface area contributed by atoms with Crippen LogP contribution in [0.25, 0.3) is 0 Å². The van der Waals surface area contributed by atoms with Crippen molar-refractivity contribution >= 4 is 17.9 Å². The summed E-state index contributed by atoms with van der Waals surface area (Å²) in [5.41, 5.74) is 2.33. The first-order valence-corrected chi connectivity index (χ1v) is 4.40. The molecule has 0 amide bonds. The Hall–Kier alpha value is -1.02. The number of ether oxygens (including phenoxy) is 1. The number of rotatable bonds is 3. The minimum atomic E-state index is -0.171. The van der Waals surface area contributed by atoms with Crippen molar-refractivity contribution in [3.05, 3.63) is 35.6 Å². The van der Waals surface area contributed by atoms with Crippen molar-refractivity contribution in [3.8, 4) is 0 Å². The standard InChI is InChI=1S/C10H11ClO2/c1-3-9-8(4-5-11)7(2)10(6-12)13-9/h3-6,8-9H,1H2,2H3/b5-4+. The first kappa shape index (κ1) is 10.1. The van der Waals surface area contributed by atoms with E-state index in [0.717, 1.165) is 5.57 Å². The quantitative estimate of drug-likeness (QED) is 0.514. The van der Waals surface area contributed by atoms with Crippen molar-refractivity contribution < 1.29 is 9.53 Å². The zero-order valence-electron chi connectivity index (χ0n) is 7.37. The molecule has 0 aliphatic carbocycles. The fraction of sp³-hybridized carbons (Fsp3) is 0.300. The van der Waals surface area contributed by atoms with E-state index in [4.69, 9.17) is 16.3 Å². The van der Waals surface area contributed by atoms with E-state index in [1.807, 2.05) is 6.92 Å². The van der Waals surface area contributed by atoms with Crippen molar-refractivity contribution in [2.45, 2.75) is 13.0 Å². The maximum Gasteiger partial charge on any atom is 0.184 e. The van der Waals surface area contributed by atoms with Crippen LogP contribution in [0.1, 0.15) is 6.92 Å². The Balaban J connectivity index is 2.94. The highest BCUT2D eigenvalue weighted by Crippen LogP contribution is 2.31. The van der Waals surface area contributed by atoms with E-state index in [2.05, 4.69) is 6.58 Å². The highest BCUT2D eigenvalue weighted by Gasteiger charge is 2.29. The lowest BCUT2D eigenvalue weighted by atomic mass is 9.96. The second-order valence-corrected chi connectivity index (χ2v) is 3.08. The summed E-state index contributed by atoms with van der Waals surface area (Å²) < 4.78 is 5.32. The Labute approximate surface area is 82.5 Å². The third kappa shape index (κ3) is 1.83. The van der Waals surface area contributed by atoms with Gasteiger partial charge in [-0.3, -0.25) is 4.79 Å². The highest BCUT2D eigenvalue weighted by atomic mass is 35.5. The number of carbonyl (C=O) groups excluding carboxylic acids is 1. The lowest BCUT2D eigenvalue weighted by Crippen LogP contribution is -2.12. The van der Waals surface area contributed by atoms with E-state index in [-0.39, 0.29) is 12.0 Å². The van der Waals surface area contributed by atoms with Gasteiger partial charge in [-0.1, -0.05) is 30.3 Å². The molecule has 0 aromatic carbocycles. The maximum absolute atomic E-state index is 10.6. The summed E-state index contributed by atoms with van der Waals surface area (Å²) in [6.45, 7) is 5.49. The molecule has 0 saturated heterocycles. The van der Waals surface area contributed by atoms with E-state index >= 15 is 0 Å². The smallest absolute Gasteiger partial charge is 0.184 e. The third-order valence-corrected chi connectivity index (χ3v) is 2.27. The zero-order valence-corrected chi connectivity index (χ0v) is 8.12. The second-order valence-electron chi connectivity index (χ2n) is 2.83. The summed E-state index contributed by atoms with van der Waals surface area (Å²) in [5, 5.41) is 0. The number of carbonyl (C=O) groups is 1. The average Bonchev–Trinajstić information content (AvgIpc) is 2.45. The molecule has 2 atom stereocenters. The van der Waals surface area contributed by atoms with Gasteiger partial charge in [-0.15, -0.1) is 0 Å². The summed E-state index contributed by atoms with van der Waals surface area (Å²) in [7, 11) is 0. The molecule has 2 unspecified atom stereocenters. The maximum atomic E-state index is 10.6. The van der Waals surface area contributed by atoms with Crippen LogP contribution in [0.15, 0.2) is 35.6 Å². The molecule has 1 heterocycles. The molecule has 3 heteroatoms. The number of aldehydes is 1. The van der Waals surface area contributed by atoms with Gasteiger partial charge in [0.15, 0.2) is 12.0 Å². The van der Waals surface area contributed by atoms with Gasteiger partial charge >= 0.3 is 0 Å². The van der Waals surface area contributed by atoms with Gasteiger partial charge in [-0.25, -0.2) is 0 Å². The summed E-state index contributed by atoms with van der Waals surface area (Å²) in [6, 6.07) is 0. The lowest BCUT2D eigenvalue weighted by molar-refractivity contribution is -0.107. The summed E-state index contributed by atoms with van der Waals surface area (Å²) in [5.74, 6) is 0.430. The predicted molar refractivity (Wildman–Crippen MR) is 52.3 cm³/mol. The molecular formula is C10H11ClO2. The van der Waals surface area contributed by atoms with Crippen LogP contribution in [0.3, 0.4) is 0 Å². The van der Waals surface area contributed by atoms with Gasteiger partial charge in [0.05, 0.1) is 0 Å². The van der Waals surface area contributed by atoms with Crippen LogP contribution in [0.2, 0.25) is 0 Å². The van der Waals surface area contributed by atoms with Gasteiger partial charge in [0, 0.05) is 11.5 Å². The number of allylic oxidation sites excluding steroid dienone is 1. The number of halogens is 1. The fourth-order valence-corrected chi connectivity index (χ4v) is 1.53. The van der Waals surface area contributed by atoms with Crippen molar-refractivity contribution in [1.29, 1.82) is 0 Å². The largest absolute Gasteiger partial charge is 0.482 e. The molecule has 2 nitrogen and oxygen atoms in total. The Bertz CT molecular complexity index is 279.